The van der Waals surface area contributed by atoms with Gasteiger partial charge < -0.3 is 10.1 Å². The molecular formula is C13H14N2O3. The van der Waals surface area contributed by atoms with Crippen molar-refractivity contribution in [3.8, 4) is 5.69 Å². The van der Waals surface area contributed by atoms with Crippen molar-refractivity contribution in [2.75, 3.05) is 0 Å². The maximum Gasteiger partial charge on any atom is 0.330 e. The van der Waals surface area contributed by atoms with Gasteiger partial charge in [-0.15, -0.1) is 0 Å². The second-order valence-corrected chi connectivity index (χ2v) is 4.23. The Morgan fingerprint density at radius 3 is 2.56 bits per heavy atom. The van der Waals surface area contributed by atoms with Gasteiger partial charge in [0.25, 0.3) is 0 Å². The Morgan fingerprint density at radius 2 is 2.06 bits per heavy atom. The van der Waals surface area contributed by atoms with Crippen LogP contribution in [0.25, 0.3) is 5.69 Å². The van der Waals surface area contributed by atoms with Crippen molar-refractivity contribution in [1.82, 2.24) is 9.55 Å². The predicted octanol–water partition coefficient (Wildman–Crippen LogP) is 1.74. The van der Waals surface area contributed by atoms with Crippen molar-refractivity contribution < 1.29 is 9.90 Å². The van der Waals surface area contributed by atoms with Crippen LogP contribution in [-0.4, -0.2) is 20.6 Å². The molecule has 0 fully saturated rings. The highest BCUT2D eigenvalue weighted by molar-refractivity contribution is 5.68. The molecule has 2 rings (SSSR count). The van der Waals surface area contributed by atoms with Gasteiger partial charge in [-0.1, -0.05) is 19.1 Å². The van der Waals surface area contributed by atoms with Crippen LogP contribution in [0.3, 0.4) is 0 Å². The van der Waals surface area contributed by atoms with E-state index in [0.717, 1.165) is 11.3 Å². The Morgan fingerprint density at radius 1 is 1.39 bits per heavy atom. The topological polar surface area (TPSA) is 75.1 Å². The average Bonchev–Trinajstić information content (AvgIpc) is 2.75. The number of hydrogen-bond donors (Lipinski definition) is 2. The highest BCUT2D eigenvalue weighted by Gasteiger charge is 2.10. The van der Waals surface area contributed by atoms with Gasteiger partial charge in [0.1, 0.15) is 0 Å². The van der Waals surface area contributed by atoms with E-state index in [1.165, 1.54) is 4.57 Å². The first-order valence-corrected chi connectivity index (χ1v) is 5.66. The molecule has 5 nitrogen and oxygen atoms in total. The van der Waals surface area contributed by atoms with E-state index in [4.69, 9.17) is 5.11 Å². The molecule has 0 spiro atoms. The summed E-state index contributed by atoms with van der Waals surface area (Å²) >= 11 is 0. The Kier molecular flexibility index (Phi) is 3.32. The van der Waals surface area contributed by atoms with Crippen LogP contribution in [0, 0.1) is 0 Å². The van der Waals surface area contributed by atoms with Crippen molar-refractivity contribution >= 4 is 5.97 Å². The molecule has 1 aromatic heterocycles. The highest BCUT2D eigenvalue weighted by atomic mass is 16.4. The Bertz CT molecular complexity index is 595. The van der Waals surface area contributed by atoms with Crippen LogP contribution in [0.4, 0.5) is 0 Å². The van der Waals surface area contributed by atoms with Gasteiger partial charge in [-0.3, -0.25) is 9.36 Å². The summed E-state index contributed by atoms with van der Waals surface area (Å²) in [6, 6.07) is 7.32. The normalized spacial score (nSPS) is 12.3. The van der Waals surface area contributed by atoms with E-state index in [1.54, 1.807) is 12.4 Å². The van der Waals surface area contributed by atoms with Crippen molar-refractivity contribution in [3.05, 3.63) is 52.7 Å². The van der Waals surface area contributed by atoms with E-state index in [9.17, 15) is 9.59 Å². The van der Waals surface area contributed by atoms with E-state index in [0.29, 0.717) is 0 Å². The summed E-state index contributed by atoms with van der Waals surface area (Å²) in [6.07, 6.45) is 3.32. The van der Waals surface area contributed by atoms with Gasteiger partial charge in [-0.05, 0) is 23.6 Å². The summed E-state index contributed by atoms with van der Waals surface area (Å²) in [5.74, 6) is -0.854. The Balaban J connectivity index is 2.23. The summed E-state index contributed by atoms with van der Waals surface area (Å²) in [6.45, 7) is 1.87. The van der Waals surface area contributed by atoms with E-state index < -0.39 is 5.97 Å². The minimum Gasteiger partial charge on any atom is -0.481 e. The molecule has 0 aliphatic heterocycles. The van der Waals surface area contributed by atoms with E-state index in [2.05, 4.69) is 4.98 Å². The summed E-state index contributed by atoms with van der Waals surface area (Å²) in [5, 5.41) is 8.74. The van der Waals surface area contributed by atoms with Crippen LogP contribution in [0.2, 0.25) is 0 Å². The molecule has 5 heteroatoms. The summed E-state index contributed by atoms with van der Waals surface area (Å²) in [7, 11) is 0. The van der Waals surface area contributed by atoms with Crippen molar-refractivity contribution in [3.63, 3.8) is 0 Å². The SMILES string of the molecule is CC(CC(=O)O)c1ccc(-n2cc[nH]c2=O)cc1. The lowest BCUT2D eigenvalue weighted by molar-refractivity contribution is -0.137. The third-order valence-electron chi connectivity index (χ3n) is 2.87. The molecule has 0 aliphatic rings. The summed E-state index contributed by atoms with van der Waals surface area (Å²) < 4.78 is 1.49. The van der Waals surface area contributed by atoms with Gasteiger partial charge in [0.15, 0.2) is 0 Å². The van der Waals surface area contributed by atoms with Crippen LogP contribution in [0.15, 0.2) is 41.5 Å². The van der Waals surface area contributed by atoms with E-state index >= 15 is 0 Å². The molecule has 2 aromatic rings. The van der Waals surface area contributed by atoms with Crippen LogP contribution < -0.4 is 5.69 Å². The van der Waals surface area contributed by atoms with Crippen LogP contribution in [0.5, 0.6) is 0 Å². The number of aromatic nitrogens is 2. The monoisotopic (exact) mass is 246 g/mol. The molecule has 1 aromatic carbocycles. The van der Waals surface area contributed by atoms with E-state index in [-0.39, 0.29) is 18.0 Å². The minimum atomic E-state index is -0.812. The number of carboxylic acid groups (broad SMARTS) is 1. The first-order valence-electron chi connectivity index (χ1n) is 5.66. The lowest BCUT2D eigenvalue weighted by Gasteiger charge is -2.10. The number of rotatable bonds is 4. The number of hydrogen-bond acceptors (Lipinski definition) is 2. The van der Waals surface area contributed by atoms with Gasteiger partial charge in [0, 0.05) is 12.4 Å². The molecule has 0 saturated heterocycles. The van der Waals surface area contributed by atoms with Gasteiger partial charge in [-0.25, -0.2) is 4.79 Å². The zero-order chi connectivity index (χ0) is 13.1. The number of aliphatic carboxylic acids is 1. The molecule has 0 bridgehead atoms. The number of nitrogens with zero attached hydrogens (tertiary/aromatic N) is 1. The second-order valence-electron chi connectivity index (χ2n) is 4.23. The second kappa shape index (κ2) is 4.91. The standard InChI is InChI=1S/C13H14N2O3/c1-9(8-12(16)17)10-2-4-11(5-3-10)15-7-6-14-13(15)18/h2-7,9H,8H2,1H3,(H,14,18)(H,16,17). The Labute approximate surface area is 104 Å². The number of imidazole rings is 1. The van der Waals surface area contributed by atoms with Crippen LogP contribution in [0.1, 0.15) is 24.8 Å². The molecule has 2 N–H and O–H groups in total. The number of carboxylic acids is 1. The lowest BCUT2D eigenvalue weighted by Crippen LogP contribution is -2.13. The van der Waals surface area contributed by atoms with Gasteiger partial charge in [0.2, 0.25) is 0 Å². The molecule has 0 saturated carbocycles. The van der Waals surface area contributed by atoms with Crippen molar-refractivity contribution in [1.29, 1.82) is 0 Å². The number of benzene rings is 1. The molecule has 0 radical (unpaired) electrons. The van der Waals surface area contributed by atoms with Gasteiger partial charge in [-0.2, -0.15) is 0 Å². The molecule has 1 heterocycles. The Hall–Kier alpha value is -2.30. The fourth-order valence-corrected chi connectivity index (χ4v) is 1.87. The zero-order valence-electron chi connectivity index (χ0n) is 9.96. The predicted molar refractivity (Wildman–Crippen MR) is 67.1 cm³/mol. The number of carbonyl (C=O) groups is 1. The first kappa shape index (κ1) is 12.2. The molecule has 0 amide bonds. The third-order valence-corrected chi connectivity index (χ3v) is 2.87. The number of H-pyrrole nitrogens is 1. The largest absolute Gasteiger partial charge is 0.481 e. The van der Waals surface area contributed by atoms with Gasteiger partial charge in [0.05, 0.1) is 12.1 Å². The van der Waals surface area contributed by atoms with Gasteiger partial charge >= 0.3 is 11.7 Å². The van der Waals surface area contributed by atoms with E-state index in [1.807, 2.05) is 31.2 Å². The minimum absolute atomic E-state index is 0.0421. The third kappa shape index (κ3) is 2.51. The highest BCUT2D eigenvalue weighted by Crippen LogP contribution is 2.20. The smallest absolute Gasteiger partial charge is 0.330 e. The first-order chi connectivity index (χ1) is 8.58. The number of nitrogens with one attached hydrogen (secondary N) is 1. The number of aromatic amines is 1. The summed E-state index contributed by atoms with van der Waals surface area (Å²) in [4.78, 5) is 24.6. The molecule has 1 atom stereocenters. The molecule has 0 aliphatic carbocycles. The van der Waals surface area contributed by atoms with Crippen molar-refractivity contribution in [2.45, 2.75) is 19.3 Å². The average molecular weight is 246 g/mol. The zero-order valence-corrected chi connectivity index (χ0v) is 9.96. The van der Waals surface area contributed by atoms with Crippen molar-refractivity contribution in [2.24, 2.45) is 0 Å². The van der Waals surface area contributed by atoms with Crippen LogP contribution in [-0.2, 0) is 4.79 Å². The maximum absolute atomic E-state index is 11.4. The lowest BCUT2D eigenvalue weighted by atomic mass is 9.98. The summed E-state index contributed by atoms with van der Waals surface area (Å²) in [5.41, 5.74) is 1.51. The molecular weight excluding hydrogens is 232 g/mol. The fraction of sp³-hybridized carbons (Fsp3) is 0.231. The molecule has 94 valence electrons. The van der Waals surface area contributed by atoms with Crippen LogP contribution >= 0.6 is 0 Å². The maximum atomic E-state index is 11.4. The quantitative estimate of drug-likeness (QED) is 0.862. The fourth-order valence-electron chi connectivity index (χ4n) is 1.87. The molecule has 1 unspecified atom stereocenters. The molecule has 18 heavy (non-hydrogen) atoms.